The van der Waals surface area contributed by atoms with Gasteiger partial charge in [0.2, 0.25) is 0 Å². The first-order valence-electron chi connectivity index (χ1n) is 5.03. The van der Waals surface area contributed by atoms with Gasteiger partial charge in [0.1, 0.15) is 5.57 Å². The van der Waals surface area contributed by atoms with Gasteiger partial charge >= 0.3 is 11.9 Å². The lowest BCUT2D eigenvalue weighted by Gasteiger charge is -2.03. The summed E-state index contributed by atoms with van der Waals surface area (Å²) in [7, 11) is 2.44. The molecule has 1 rings (SSSR count). The number of ether oxygens (including phenoxy) is 2. The Labute approximate surface area is 99.8 Å². The van der Waals surface area contributed by atoms with Gasteiger partial charge in [-0.25, -0.2) is 9.59 Å². The van der Waals surface area contributed by atoms with Crippen LogP contribution in [0.2, 0.25) is 0 Å². The smallest absolute Gasteiger partial charge is 0.345 e. The van der Waals surface area contributed by atoms with Crippen molar-refractivity contribution in [3.8, 4) is 0 Å². The predicted octanol–water partition coefficient (Wildman–Crippen LogP) is 1.72. The fourth-order valence-corrected chi connectivity index (χ4v) is 1.35. The van der Waals surface area contributed by atoms with E-state index in [1.165, 1.54) is 20.3 Å². The summed E-state index contributed by atoms with van der Waals surface area (Å²) in [6.07, 6.45) is 1.45. The van der Waals surface area contributed by atoms with E-state index in [1.807, 2.05) is 25.1 Å². The Bertz CT molecular complexity index is 442. The van der Waals surface area contributed by atoms with Gasteiger partial charge < -0.3 is 9.47 Å². The highest BCUT2D eigenvalue weighted by atomic mass is 16.5. The lowest BCUT2D eigenvalue weighted by Crippen LogP contribution is -2.15. The van der Waals surface area contributed by atoms with Crippen LogP contribution in [0.5, 0.6) is 0 Å². The first-order valence-corrected chi connectivity index (χ1v) is 5.03. The van der Waals surface area contributed by atoms with E-state index in [2.05, 4.69) is 9.47 Å². The fraction of sp³-hybridized carbons (Fsp3) is 0.231. The molecule has 1 aromatic carbocycles. The van der Waals surface area contributed by atoms with Crippen LogP contribution < -0.4 is 0 Å². The number of benzene rings is 1. The van der Waals surface area contributed by atoms with Crippen molar-refractivity contribution in [3.05, 3.63) is 41.0 Å². The highest BCUT2D eigenvalue weighted by molar-refractivity contribution is 6.17. The summed E-state index contributed by atoms with van der Waals surface area (Å²) in [5.41, 5.74) is 1.66. The molecule has 0 saturated carbocycles. The van der Waals surface area contributed by atoms with Crippen LogP contribution in [0, 0.1) is 6.92 Å². The van der Waals surface area contributed by atoms with E-state index in [9.17, 15) is 9.59 Å². The Morgan fingerprint density at radius 3 is 2.18 bits per heavy atom. The minimum Gasteiger partial charge on any atom is -0.465 e. The Hall–Kier alpha value is -2.10. The molecule has 0 fully saturated rings. The third kappa shape index (κ3) is 3.45. The Morgan fingerprint density at radius 2 is 1.71 bits per heavy atom. The Morgan fingerprint density at radius 1 is 1.12 bits per heavy atom. The first kappa shape index (κ1) is 13.0. The van der Waals surface area contributed by atoms with E-state index in [0.29, 0.717) is 0 Å². The predicted molar refractivity (Wildman–Crippen MR) is 63.2 cm³/mol. The maximum atomic E-state index is 11.4. The van der Waals surface area contributed by atoms with E-state index in [1.54, 1.807) is 6.07 Å². The van der Waals surface area contributed by atoms with E-state index >= 15 is 0 Å². The second-order valence-electron chi connectivity index (χ2n) is 3.46. The molecule has 0 spiro atoms. The molecule has 0 aliphatic rings. The van der Waals surface area contributed by atoms with Crippen LogP contribution in [0.1, 0.15) is 11.1 Å². The molecule has 4 nitrogen and oxygen atoms in total. The molecule has 1 aromatic rings. The summed E-state index contributed by atoms with van der Waals surface area (Å²) >= 11 is 0. The number of methoxy groups -OCH3 is 2. The molecule has 0 amide bonds. The van der Waals surface area contributed by atoms with Gasteiger partial charge in [0.05, 0.1) is 14.2 Å². The lowest BCUT2D eigenvalue weighted by molar-refractivity contribution is -0.143. The summed E-state index contributed by atoms with van der Waals surface area (Å²) in [6, 6.07) is 7.41. The molecule has 0 aliphatic heterocycles. The molecule has 0 saturated heterocycles. The van der Waals surface area contributed by atoms with Crippen molar-refractivity contribution in [2.45, 2.75) is 6.92 Å². The van der Waals surface area contributed by atoms with Crippen molar-refractivity contribution in [2.24, 2.45) is 0 Å². The van der Waals surface area contributed by atoms with Gasteiger partial charge in [-0.05, 0) is 18.6 Å². The largest absolute Gasteiger partial charge is 0.465 e. The third-order valence-corrected chi connectivity index (χ3v) is 2.16. The number of hydrogen-bond donors (Lipinski definition) is 0. The normalized spacial score (nSPS) is 9.35. The number of aryl methyl sites for hydroxylation is 1. The van der Waals surface area contributed by atoms with Crippen LogP contribution in [0.15, 0.2) is 29.8 Å². The molecule has 90 valence electrons. The molecular formula is C13H14O4. The number of rotatable bonds is 3. The van der Waals surface area contributed by atoms with Gasteiger partial charge in [0.25, 0.3) is 0 Å². The number of esters is 2. The molecule has 0 heterocycles. The summed E-state index contributed by atoms with van der Waals surface area (Å²) in [5, 5.41) is 0. The first-order chi connectivity index (χ1) is 8.08. The van der Waals surface area contributed by atoms with Gasteiger partial charge in [-0.3, -0.25) is 0 Å². The van der Waals surface area contributed by atoms with Crippen molar-refractivity contribution in [1.29, 1.82) is 0 Å². The Kier molecular flexibility index (Phi) is 4.46. The SMILES string of the molecule is COC(=O)C(=Cc1cccc(C)c1)C(=O)OC. The third-order valence-electron chi connectivity index (χ3n) is 2.16. The van der Waals surface area contributed by atoms with Crippen LogP contribution in [0.3, 0.4) is 0 Å². The molecule has 17 heavy (non-hydrogen) atoms. The van der Waals surface area contributed by atoms with Crippen molar-refractivity contribution in [3.63, 3.8) is 0 Å². The van der Waals surface area contributed by atoms with Gasteiger partial charge in [-0.1, -0.05) is 29.8 Å². The van der Waals surface area contributed by atoms with E-state index < -0.39 is 11.9 Å². The quantitative estimate of drug-likeness (QED) is 0.346. The zero-order valence-electron chi connectivity index (χ0n) is 10.0. The number of carbonyl (C=O) groups is 2. The number of hydrogen-bond acceptors (Lipinski definition) is 4. The molecule has 0 aliphatic carbocycles. The second kappa shape index (κ2) is 5.84. The fourth-order valence-electron chi connectivity index (χ4n) is 1.35. The lowest BCUT2D eigenvalue weighted by atomic mass is 10.1. The maximum absolute atomic E-state index is 11.4. The van der Waals surface area contributed by atoms with Crippen LogP contribution >= 0.6 is 0 Å². The van der Waals surface area contributed by atoms with Gasteiger partial charge in [0.15, 0.2) is 0 Å². The molecule has 0 unspecified atom stereocenters. The highest BCUT2D eigenvalue weighted by Crippen LogP contribution is 2.11. The van der Waals surface area contributed by atoms with E-state index in [4.69, 9.17) is 0 Å². The summed E-state index contributed by atoms with van der Waals surface area (Å²) in [5.74, 6) is -1.42. The average Bonchev–Trinajstić information content (AvgIpc) is 2.34. The minimum atomic E-state index is -0.710. The van der Waals surface area contributed by atoms with Crippen molar-refractivity contribution >= 4 is 18.0 Å². The van der Waals surface area contributed by atoms with Crippen molar-refractivity contribution in [2.75, 3.05) is 14.2 Å². The van der Waals surface area contributed by atoms with Gasteiger partial charge in [-0.15, -0.1) is 0 Å². The number of carbonyl (C=O) groups excluding carboxylic acids is 2. The summed E-state index contributed by atoms with van der Waals surface area (Å²) in [4.78, 5) is 22.8. The standard InChI is InChI=1S/C13H14O4/c1-9-5-4-6-10(7-9)8-11(12(14)16-2)13(15)17-3/h4-8H,1-3H3. The van der Waals surface area contributed by atoms with Crippen LogP contribution in [0.25, 0.3) is 6.08 Å². The molecule has 0 aromatic heterocycles. The Balaban J connectivity index is 3.13. The van der Waals surface area contributed by atoms with E-state index in [-0.39, 0.29) is 5.57 Å². The minimum absolute atomic E-state index is 0.124. The molecule has 4 heteroatoms. The topological polar surface area (TPSA) is 52.6 Å². The second-order valence-corrected chi connectivity index (χ2v) is 3.46. The average molecular weight is 234 g/mol. The van der Waals surface area contributed by atoms with Crippen LogP contribution in [-0.4, -0.2) is 26.2 Å². The van der Waals surface area contributed by atoms with Crippen molar-refractivity contribution < 1.29 is 19.1 Å². The molecular weight excluding hydrogens is 220 g/mol. The zero-order chi connectivity index (χ0) is 12.8. The van der Waals surface area contributed by atoms with E-state index in [0.717, 1.165) is 11.1 Å². The maximum Gasteiger partial charge on any atom is 0.345 e. The summed E-state index contributed by atoms with van der Waals surface area (Å²) in [6.45, 7) is 1.92. The molecule has 0 atom stereocenters. The van der Waals surface area contributed by atoms with Crippen LogP contribution in [-0.2, 0) is 19.1 Å². The van der Waals surface area contributed by atoms with Crippen molar-refractivity contribution in [1.82, 2.24) is 0 Å². The molecule has 0 N–H and O–H groups in total. The molecule has 0 bridgehead atoms. The van der Waals surface area contributed by atoms with Gasteiger partial charge in [0, 0.05) is 0 Å². The zero-order valence-corrected chi connectivity index (χ0v) is 10.0. The highest BCUT2D eigenvalue weighted by Gasteiger charge is 2.19. The monoisotopic (exact) mass is 234 g/mol. The summed E-state index contributed by atoms with van der Waals surface area (Å²) < 4.78 is 9.06. The molecule has 0 radical (unpaired) electrons. The van der Waals surface area contributed by atoms with Crippen LogP contribution in [0.4, 0.5) is 0 Å². The van der Waals surface area contributed by atoms with Gasteiger partial charge in [-0.2, -0.15) is 0 Å².